The molecule has 5 nitrogen and oxygen atoms in total. The predicted molar refractivity (Wildman–Crippen MR) is 87.8 cm³/mol. The van der Waals surface area contributed by atoms with Crippen LogP contribution in [0.25, 0.3) is 0 Å². The maximum Gasteiger partial charge on any atom is 0.236 e. The minimum atomic E-state index is -0.615. The molecule has 1 fully saturated rings. The lowest BCUT2D eigenvalue weighted by molar-refractivity contribution is -0.122. The average molecular weight is 344 g/mol. The Kier molecular flexibility index (Phi) is 6.35. The summed E-state index contributed by atoms with van der Waals surface area (Å²) in [5, 5.41) is 3.13. The van der Waals surface area contributed by atoms with E-state index in [1.165, 1.54) is 6.07 Å². The van der Waals surface area contributed by atoms with E-state index in [0.29, 0.717) is 30.3 Å². The minimum absolute atomic E-state index is 0.0425. The first kappa shape index (κ1) is 18.1. The predicted octanol–water partition coefficient (Wildman–Crippen LogP) is 1.70. The number of amides is 1. The van der Waals surface area contributed by atoms with Crippen LogP contribution in [-0.4, -0.2) is 49.2 Å². The summed E-state index contributed by atoms with van der Waals surface area (Å²) in [6.07, 6.45) is 0.0425. The van der Waals surface area contributed by atoms with Gasteiger partial charge in [0, 0.05) is 30.2 Å². The largest absolute Gasteiger partial charge is 0.376 e. The second kappa shape index (κ2) is 8.06. The van der Waals surface area contributed by atoms with Gasteiger partial charge in [-0.2, -0.15) is 0 Å². The molecule has 2 unspecified atom stereocenters. The number of carbonyl (C=O) groups excluding carboxylic acids is 1. The Morgan fingerprint density at radius 3 is 2.96 bits per heavy atom. The van der Waals surface area contributed by atoms with Crippen LogP contribution in [0, 0.1) is 5.82 Å². The van der Waals surface area contributed by atoms with Crippen molar-refractivity contribution in [1.82, 2.24) is 10.2 Å². The molecule has 1 aliphatic rings. The number of nitrogens with zero attached hydrogens (tertiary/aromatic N) is 1. The molecule has 0 aliphatic carbocycles. The summed E-state index contributed by atoms with van der Waals surface area (Å²) in [5.74, 6) is -0.652. The van der Waals surface area contributed by atoms with Crippen molar-refractivity contribution in [3.05, 3.63) is 34.6 Å². The van der Waals surface area contributed by atoms with Crippen molar-refractivity contribution in [1.29, 1.82) is 0 Å². The highest BCUT2D eigenvalue weighted by Gasteiger charge is 2.29. The van der Waals surface area contributed by atoms with E-state index in [1.54, 1.807) is 19.1 Å². The highest BCUT2D eigenvalue weighted by molar-refractivity contribution is 6.31. The Hall–Kier alpha value is -1.21. The molecular weight excluding hydrogens is 321 g/mol. The quantitative estimate of drug-likeness (QED) is 0.854. The number of hydrogen-bond acceptors (Lipinski definition) is 4. The number of nitrogens with two attached hydrogens (primary N) is 1. The van der Waals surface area contributed by atoms with Crippen LogP contribution in [-0.2, 0) is 9.53 Å². The van der Waals surface area contributed by atoms with Gasteiger partial charge in [-0.1, -0.05) is 17.7 Å². The first-order valence-electron chi connectivity index (χ1n) is 7.73. The molecule has 0 aromatic heterocycles. The van der Waals surface area contributed by atoms with E-state index in [0.717, 1.165) is 0 Å². The van der Waals surface area contributed by atoms with Gasteiger partial charge in [-0.25, -0.2) is 4.39 Å². The third-order valence-electron chi connectivity index (χ3n) is 3.93. The van der Waals surface area contributed by atoms with Gasteiger partial charge in [-0.15, -0.1) is 0 Å². The minimum Gasteiger partial charge on any atom is -0.376 e. The zero-order chi connectivity index (χ0) is 17.0. The van der Waals surface area contributed by atoms with E-state index in [-0.39, 0.29) is 30.4 Å². The van der Waals surface area contributed by atoms with Gasteiger partial charge in [0.25, 0.3) is 0 Å². The lowest BCUT2D eigenvalue weighted by Gasteiger charge is -2.38. The summed E-state index contributed by atoms with van der Waals surface area (Å²) in [6.45, 7) is 5.67. The molecule has 1 saturated heterocycles. The number of ether oxygens (including phenoxy) is 1. The Labute approximate surface area is 140 Å². The van der Waals surface area contributed by atoms with Gasteiger partial charge < -0.3 is 15.8 Å². The molecular formula is C16H23ClFN3O2. The van der Waals surface area contributed by atoms with Crippen LogP contribution in [0.1, 0.15) is 25.5 Å². The molecule has 23 heavy (non-hydrogen) atoms. The molecule has 3 atom stereocenters. The molecule has 0 spiro atoms. The van der Waals surface area contributed by atoms with Crippen LogP contribution < -0.4 is 11.1 Å². The van der Waals surface area contributed by atoms with E-state index in [9.17, 15) is 9.18 Å². The van der Waals surface area contributed by atoms with Crippen LogP contribution in [0.2, 0.25) is 5.02 Å². The molecule has 1 aromatic carbocycles. The number of halogens is 2. The van der Waals surface area contributed by atoms with E-state index >= 15 is 0 Å². The maximum atomic E-state index is 14.4. The molecule has 128 valence electrons. The Morgan fingerprint density at radius 2 is 2.35 bits per heavy atom. The molecule has 3 N–H and O–H groups in total. The average Bonchev–Trinajstić information content (AvgIpc) is 2.49. The maximum absolute atomic E-state index is 14.4. The van der Waals surface area contributed by atoms with Crippen molar-refractivity contribution >= 4 is 17.5 Å². The van der Waals surface area contributed by atoms with Crippen molar-refractivity contribution in [3.63, 3.8) is 0 Å². The lowest BCUT2D eigenvalue weighted by atomic mass is 10.0. The Bertz CT molecular complexity index is 536. The molecule has 1 amide bonds. The smallest absolute Gasteiger partial charge is 0.236 e. The van der Waals surface area contributed by atoms with Crippen LogP contribution >= 0.6 is 11.6 Å². The number of morpholine rings is 1. The van der Waals surface area contributed by atoms with Gasteiger partial charge in [-0.05, 0) is 26.0 Å². The molecule has 0 radical (unpaired) electrons. The van der Waals surface area contributed by atoms with Crippen LogP contribution in [0.15, 0.2) is 18.2 Å². The second-order valence-corrected chi connectivity index (χ2v) is 6.27. The molecule has 1 aromatic rings. The number of carbonyl (C=O) groups is 1. The van der Waals surface area contributed by atoms with Gasteiger partial charge in [0.1, 0.15) is 5.82 Å². The zero-order valence-corrected chi connectivity index (χ0v) is 14.1. The second-order valence-electron chi connectivity index (χ2n) is 5.86. The van der Waals surface area contributed by atoms with E-state index in [4.69, 9.17) is 22.1 Å². The summed E-state index contributed by atoms with van der Waals surface area (Å²) in [5.41, 5.74) is 5.97. The SMILES string of the molecule is CC1CN(C(CNC(=O)[C@@H](C)N)c2c(F)cccc2Cl)CCO1. The summed E-state index contributed by atoms with van der Waals surface area (Å²) in [6, 6.07) is 3.63. The summed E-state index contributed by atoms with van der Waals surface area (Å²) in [4.78, 5) is 13.9. The molecule has 0 bridgehead atoms. The molecule has 0 saturated carbocycles. The lowest BCUT2D eigenvalue weighted by Crippen LogP contribution is -2.48. The van der Waals surface area contributed by atoms with Gasteiger partial charge in [0.05, 0.1) is 24.8 Å². The first-order chi connectivity index (χ1) is 10.9. The first-order valence-corrected chi connectivity index (χ1v) is 8.10. The topological polar surface area (TPSA) is 67.6 Å². The van der Waals surface area contributed by atoms with Gasteiger partial charge in [0.15, 0.2) is 0 Å². The zero-order valence-electron chi connectivity index (χ0n) is 13.4. The summed E-state index contributed by atoms with van der Waals surface area (Å²) >= 11 is 6.22. The number of benzene rings is 1. The van der Waals surface area contributed by atoms with Crippen LogP contribution in [0.5, 0.6) is 0 Å². The Balaban J connectivity index is 2.25. The third kappa shape index (κ3) is 4.64. The van der Waals surface area contributed by atoms with Crippen LogP contribution in [0.4, 0.5) is 4.39 Å². The van der Waals surface area contributed by atoms with Crippen molar-refractivity contribution in [3.8, 4) is 0 Å². The molecule has 1 heterocycles. The van der Waals surface area contributed by atoms with Crippen molar-refractivity contribution in [2.75, 3.05) is 26.2 Å². The highest BCUT2D eigenvalue weighted by Crippen LogP contribution is 2.31. The summed E-state index contributed by atoms with van der Waals surface area (Å²) in [7, 11) is 0. The van der Waals surface area contributed by atoms with Crippen molar-refractivity contribution < 1.29 is 13.9 Å². The number of hydrogen-bond donors (Lipinski definition) is 2. The number of rotatable bonds is 5. The highest BCUT2D eigenvalue weighted by atomic mass is 35.5. The van der Waals surface area contributed by atoms with E-state index in [2.05, 4.69) is 10.2 Å². The van der Waals surface area contributed by atoms with E-state index < -0.39 is 6.04 Å². The fourth-order valence-electron chi connectivity index (χ4n) is 2.73. The molecule has 2 rings (SSSR count). The number of nitrogens with one attached hydrogen (secondary N) is 1. The fourth-order valence-corrected chi connectivity index (χ4v) is 3.02. The Morgan fingerprint density at radius 1 is 1.61 bits per heavy atom. The molecule has 1 aliphatic heterocycles. The summed E-state index contributed by atoms with van der Waals surface area (Å²) < 4.78 is 19.9. The van der Waals surface area contributed by atoms with E-state index in [1.807, 2.05) is 6.92 Å². The van der Waals surface area contributed by atoms with Gasteiger partial charge >= 0.3 is 0 Å². The monoisotopic (exact) mass is 343 g/mol. The third-order valence-corrected chi connectivity index (χ3v) is 4.26. The van der Waals surface area contributed by atoms with Crippen molar-refractivity contribution in [2.45, 2.75) is 32.0 Å². The van der Waals surface area contributed by atoms with Crippen molar-refractivity contribution in [2.24, 2.45) is 5.73 Å². The van der Waals surface area contributed by atoms with Gasteiger partial charge in [0.2, 0.25) is 5.91 Å². The fraction of sp³-hybridized carbons (Fsp3) is 0.562. The van der Waals surface area contributed by atoms with Crippen LogP contribution in [0.3, 0.4) is 0 Å². The standard InChI is InChI=1S/C16H23ClFN3O2/c1-10-9-21(6-7-23-10)14(8-20-16(22)11(2)19)15-12(17)4-3-5-13(15)18/h3-5,10-11,14H,6-9,19H2,1-2H3,(H,20,22)/t10?,11-,14?/m1/s1. The molecule has 7 heteroatoms. The van der Waals surface area contributed by atoms with Gasteiger partial charge in [-0.3, -0.25) is 9.69 Å². The normalized spacial score (nSPS) is 21.7.